The van der Waals surface area contributed by atoms with Crippen molar-refractivity contribution in [3.05, 3.63) is 54.0 Å². The van der Waals surface area contributed by atoms with E-state index in [1.807, 2.05) is 6.07 Å². The van der Waals surface area contributed by atoms with Gasteiger partial charge in [-0.25, -0.2) is 0 Å². The second-order valence-corrected chi connectivity index (χ2v) is 6.20. The molecule has 1 aliphatic rings. The first-order valence-electron chi connectivity index (χ1n) is 8.14. The second kappa shape index (κ2) is 7.41. The average molecular weight is 369 g/mol. The zero-order valence-electron chi connectivity index (χ0n) is 13.7. The monoisotopic (exact) mass is 369 g/mol. The Morgan fingerprint density at radius 2 is 2.15 bits per heavy atom. The maximum absolute atomic E-state index is 12.6. The normalized spacial score (nSPS) is 20.5. The van der Waals surface area contributed by atoms with Gasteiger partial charge in [0.2, 0.25) is 5.91 Å². The van der Waals surface area contributed by atoms with Crippen molar-refractivity contribution in [2.45, 2.75) is 24.6 Å². The molecule has 1 aromatic heterocycles. The highest BCUT2D eigenvalue weighted by Crippen LogP contribution is 2.47. The number of halogens is 3. The summed E-state index contributed by atoms with van der Waals surface area (Å²) in [6, 6.07) is 7.98. The van der Waals surface area contributed by atoms with Gasteiger partial charge in [0.05, 0.1) is 11.8 Å². The van der Waals surface area contributed by atoms with Crippen LogP contribution in [0.1, 0.15) is 23.7 Å². The number of alkyl halides is 3. The zero-order valence-corrected chi connectivity index (χ0v) is 13.7. The first kappa shape index (κ1) is 18.3. The highest BCUT2D eigenvalue weighted by Gasteiger charge is 2.45. The summed E-state index contributed by atoms with van der Waals surface area (Å²) in [4.78, 5) is 12.0. The molecule has 8 heteroatoms. The molecule has 0 radical (unpaired) electrons. The van der Waals surface area contributed by atoms with Gasteiger partial charge in [-0.15, -0.1) is 0 Å². The number of furan rings is 1. The second-order valence-electron chi connectivity index (χ2n) is 6.20. The van der Waals surface area contributed by atoms with E-state index in [0.717, 1.165) is 17.9 Å². The van der Waals surface area contributed by atoms with Crippen LogP contribution in [0.15, 0.2) is 47.1 Å². The first-order valence-corrected chi connectivity index (χ1v) is 8.14. The number of carbonyl (C=O) groups excluding carboxylic acids is 1. The maximum atomic E-state index is 12.6. The van der Waals surface area contributed by atoms with E-state index in [4.69, 9.17) is 9.15 Å². The van der Waals surface area contributed by atoms with Crippen molar-refractivity contribution in [1.29, 1.82) is 0 Å². The molecule has 1 heterocycles. The molecule has 1 saturated carbocycles. The minimum Gasteiger partial charge on any atom is -0.491 e. The lowest BCUT2D eigenvalue weighted by Gasteiger charge is -2.14. The lowest BCUT2D eigenvalue weighted by Crippen LogP contribution is -2.36. The molecule has 3 atom stereocenters. The summed E-state index contributed by atoms with van der Waals surface area (Å²) in [6.45, 7) is -0.271. The molecular weight excluding hydrogens is 351 g/mol. The van der Waals surface area contributed by atoms with Crippen LogP contribution in [0.3, 0.4) is 0 Å². The fourth-order valence-electron chi connectivity index (χ4n) is 2.66. The molecule has 5 nitrogen and oxygen atoms in total. The molecule has 1 aromatic carbocycles. The van der Waals surface area contributed by atoms with Gasteiger partial charge in [0.1, 0.15) is 24.2 Å². The average Bonchev–Trinajstić information content (AvgIpc) is 3.22. The molecular formula is C18H18F3NO4. The number of amides is 1. The first-order chi connectivity index (χ1) is 12.3. The summed E-state index contributed by atoms with van der Waals surface area (Å²) >= 11 is 0. The molecule has 0 bridgehead atoms. The Balaban J connectivity index is 1.41. The van der Waals surface area contributed by atoms with Crippen LogP contribution >= 0.6 is 0 Å². The van der Waals surface area contributed by atoms with E-state index in [-0.39, 0.29) is 36.6 Å². The van der Waals surface area contributed by atoms with Gasteiger partial charge in [-0.3, -0.25) is 4.79 Å². The fourth-order valence-corrected chi connectivity index (χ4v) is 2.66. The molecule has 1 aliphatic carbocycles. The van der Waals surface area contributed by atoms with E-state index in [1.54, 1.807) is 12.3 Å². The molecule has 140 valence electrons. The third kappa shape index (κ3) is 4.57. The van der Waals surface area contributed by atoms with Gasteiger partial charge < -0.3 is 19.6 Å². The van der Waals surface area contributed by atoms with E-state index in [1.165, 1.54) is 12.1 Å². The Morgan fingerprint density at radius 3 is 2.85 bits per heavy atom. The summed E-state index contributed by atoms with van der Waals surface area (Å²) in [5, 5.41) is 12.5. The standard InChI is InChI=1S/C18H18F3NO4/c19-18(20,21)11-3-1-4-13(7-11)26-10-12(23)9-22-17(24)15-8-14(15)16-5-2-6-25-16/h1-7,12,14-15,23H,8-10H2,(H,22,24)/t12-,14+,15+/m0/s1. The van der Waals surface area contributed by atoms with Gasteiger partial charge in [-0.2, -0.15) is 13.2 Å². The number of nitrogens with one attached hydrogen (secondary N) is 1. The third-order valence-corrected chi connectivity index (χ3v) is 4.15. The molecule has 2 aromatic rings. The van der Waals surface area contributed by atoms with E-state index in [0.29, 0.717) is 6.42 Å². The van der Waals surface area contributed by atoms with Gasteiger partial charge in [0, 0.05) is 18.4 Å². The molecule has 26 heavy (non-hydrogen) atoms. The Hall–Kier alpha value is -2.48. The quantitative estimate of drug-likeness (QED) is 0.787. The van der Waals surface area contributed by atoms with Crippen molar-refractivity contribution in [3.8, 4) is 5.75 Å². The number of benzene rings is 1. The molecule has 0 unspecified atom stereocenters. The van der Waals surface area contributed by atoms with Gasteiger partial charge >= 0.3 is 6.18 Å². The van der Waals surface area contributed by atoms with Crippen LogP contribution in [0.2, 0.25) is 0 Å². The van der Waals surface area contributed by atoms with Crippen molar-refractivity contribution in [2.24, 2.45) is 5.92 Å². The van der Waals surface area contributed by atoms with Crippen LogP contribution in [0.25, 0.3) is 0 Å². The number of hydrogen-bond acceptors (Lipinski definition) is 4. The molecule has 0 spiro atoms. The van der Waals surface area contributed by atoms with E-state index in [2.05, 4.69) is 5.32 Å². The topological polar surface area (TPSA) is 71.7 Å². The minimum atomic E-state index is -4.46. The SMILES string of the molecule is O=C(NC[C@H](O)COc1cccc(C(F)(F)F)c1)[C@@H]1C[C@H]1c1ccco1. The lowest BCUT2D eigenvalue weighted by molar-refractivity contribution is -0.137. The molecule has 2 N–H and O–H groups in total. The zero-order chi connectivity index (χ0) is 18.7. The summed E-state index contributed by atoms with van der Waals surface area (Å²) in [7, 11) is 0. The number of hydrogen-bond donors (Lipinski definition) is 2. The van der Waals surface area contributed by atoms with E-state index < -0.39 is 17.8 Å². The maximum Gasteiger partial charge on any atom is 0.416 e. The van der Waals surface area contributed by atoms with Crippen molar-refractivity contribution in [3.63, 3.8) is 0 Å². The number of carbonyl (C=O) groups is 1. The minimum absolute atomic E-state index is 0.00489. The van der Waals surface area contributed by atoms with Crippen molar-refractivity contribution in [2.75, 3.05) is 13.2 Å². The number of aliphatic hydroxyl groups is 1. The number of ether oxygens (including phenoxy) is 1. The Labute approximate surface area is 147 Å². The molecule has 3 rings (SSSR count). The highest BCUT2D eigenvalue weighted by molar-refractivity contribution is 5.82. The van der Waals surface area contributed by atoms with Crippen molar-refractivity contribution in [1.82, 2.24) is 5.32 Å². The molecule has 1 amide bonds. The van der Waals surface area contributed by atoms with Crippen LogP contribution in [0.4, 0.5) is 13.2 Å². The molecule has 0 aliphatic heterocycles. The van der Waals surface area contributed by atoms with Crippen molar-refractivity contribution < 1.29 is 32.2 Å². The van der Waals surface area contributed by atoms with Crippen molar-refractivity contribution >= 4 is 5.91 Å². The van der Waals surface area contributed by atoms with Gasteiger partial charge in [-0.1, -0.05) is 6.07 Å². The highest BCUT2D eigenvalue weighted by atomic mass is 19.4. The lowest BCUT2D eigenvalue weighted by atomic mass is 10.2. The van der Waals surface area contributed by atoms with Gasteiger partial charge in [-0.05, 0) is 36.8 Å². The predicted octanol–water partition coefficient (Wildman–Crippen LogP) is 2.96. The fraction of sp³-hybridized carbons (Fsp3) is 0.389. The smallest absolute Gasteiger partial charge is 0.416 e. The van der Waals surface area contributed by atoms with Gasteiger partial charge in [0.25, 0.3) is 0 Å². The van der Waals surface area contributed by atoms with E-state index >= 15 is 0 Å². The summed E-state index contributed by atoms with van der Waals surface area (Å²) in [6.07, 6.45) is -3.25. The Morgan fingerprint density at radius 1 is 1.35 bits per heavy atom. The number of aliphatic hydroxyl groups excluding tert-OH is 1. The van der Waals surface area contributed by atoms with Crippen LogP contribution in [0.5, 0.6) is 5.75 Å². The van der Waals surface area contributed by atoms with Crippen LogP contribution in [-0.2, 0) is 11.0 Å². The third-order valence-electron chi connectivity index (χ3n) is 4.15. The molecule has 1 fully saturated rings. The summed E-state index contributed by atoms with van der Waals surface area (Å²) < 4.78 is 48.3. The van der Waals surface area contributed by atoms with Crippen LogP contribution in [-0.4, -0.2) is 30.3 Å². The molecule has 0 saturated heterocycles. The summed E-state index contributed by atoms with van der Waals surface area (Å²) in [5.41, 5.74) is -0.824. The summed E-state index contributed by atoms with van der Waals surface area (Å²) in [5.74, 6) is 0.453. The number of rotatable bonds is 7. The van der Waals surface area contributed by atoms with Crippen LogP contribution in [0, 0.1) is 5.92 Å². The largest absolute Gasteiger partial charge is 0.491 e. The van der Waals surface area contributed by atoms with E-state index in [9.17, 15) is 23.1 Å². The van der Waals surface area contributed by atoms with Gasteiger partial charge in [0.15, 0.2) is 0 Å². The Bertz CT molecular complexity index is 745. The predicted molar refractivity (Wildman–Crippen MR) is 85.5 cm³/mol. The van der Waals surface area contributed by atoms with Crippen LogP contribution < -0.4 is 10.1 Å². The Kier molecular flexibility index (Phi) is 5.22.